The number of aryl methyl sites for hydroxylation is 1. The van der Waals surface area contributed by atoms with Crippen LogP contribution in [0.25, 0.3) is 0 Å². The summed E-state index contributed by atoms with van der Waals surface area (Å²) in [6.45, 7) is 2.18. The summed E-state index contributed by atoms with van der Waals surface area (Å²) in [6, 6.07) is 11.4. The van der Waals surface area contributed by atoms with E-state index in [9.17, 15) is 18.1 Å². The van der Waals surface area contributed by atoms with E-state index in [1.165, 1.54) is 43.9 Å². The number of aromatic hydroxyl groups is 1. The van der Waals surface area contributed by atoms with Crippen molar-refractivity contribution in [2.24, 2.45) is 0 Å². The quantitative estimate of drug-likeness (QED) is 0.486. The normalized spacial score (nSPS) is 11.4. The zero-order valence-corrected chi connectivity index (χ0v) is 15.1. The standard InChI is InChI=1S/C19H24O5S/c1-2-3-4-5-6-9-15-10-7-11-16(14-15)24-18-13-8-12-17(20)19(18)25(21,22)23/h7-8,10-14,20H,2-6,9H2,1H3,(H,21,22,23). The van der Waals surface area contributed by atoms with Gasteiger partial charge in [0.25, 0.3) is 0 Å². The first kappa shape index (κ1) is 19.3. The highest BCUT2D eigenvalue weighted by atomic mass is 32.2. The Balaban J connectivity index is 2.12. The SMILES string of the molecule is CCCCCCCc1cccc(Oc2cccc(O)c2S(=O)(=O)O)c1. The molecule has 0 atom stereocenters. The van der Waals surface area contributed by atoms with Crippen LogP contribution in [0.5, 0.6) is 17.2 Å². The highest BCUT2D eigenvalue weighted by Crippen LogP contribution is 2.35. The molecule has 2 rings (SSSR count). The third kappa shape index (κ3) is 5.76. The van der Waals surface area contributed by atoms with Gasteiger partial charge in [0.1, 0.15) is 11.5 Å². The van der Waals surface area contributed by atoms with Crippen LogP contribution in [-0.2, 0) is 16.5 Å². The van der Waals surface area contributed by atoms with Crippen LogP contribution in [0.2, 0.25) is 0 Å². The molecule has 6 heteroatoms. The summed E-state index contributed by atoms with van der Waals surface area (Å²) in [6.07, 6.45) is 6.88. The van der Waals surface area contributed by atoms with E-state index >= 15 is 0 Å². The Hall–Kier alpha value is -2.05. The molecule has 2 N–H and O–H groups in total. The molecule has 0 aliphatic rings. The van der Waals surface area contributed by atoms with Crippen molar-refractivity contribution in [1.29, 1.82) is 0 Å². The van der Waals surface area contributed by atoms with Gasteiger partial charge in [0, 0.05) is 0 Å². The second-order valence-electron chi connectivity index (χ2n) is 5.99. The molecule has 0 unspecified atom stereocenters. The molecule has 0 heterocycles. The van der Waals surface area contributed by atoms with Crippen LogP contribution in [0, 0.1) is 0 Å². The largest absolute Gasteiger partial charge is 0.506 e. The molecule has 0 aliphatic carbocycles. The van der Waals surface area contributed by atoms with Crippen LogP contribution in [0.1, 0.15) is 44.6 Å². The van der Waals surface area contributed by atoms with E-state index in [4.69, 9.17) is 4.74 Å². The minimum absolute atomic E-state index is 0.109. The van der Waals surface area contributed by atoms with Gasteiger partial charge >= 0.3 is 10.1 Å². The molecule has 2 aromatic carbocycles. The van der Waals surface area contributed by atoms with Crippen molar-refractivity contribution in [3.05, 3.63) is 48.0 Å². The Labute approximate surface area is 149 Å². The van der Waals surface area contributed by atoms with Crippen molar-refractivity contribution in [2.75, 3.05) is 0 Å². The minimum Gasteiger partial charge on any atom is -0.506 e. The Kier molecular flexibility index (Phi) is 6.84. The van der Waals surface area contributed by atoms with Gasteiger partial charge in [0.2, 0.25) is 0 Å². The molecule has 0 radical (unpaired) electrons. The summed E-state index contributed by atoms with van der Waals surface area (Å²) >= 11 is 0. The summed E-state index contributed by atoms with van der Waals surface area (Å²) in [4.78, 5) is -0.625. The van der Waals surface area contributed by atoms with E-state index in [2.05, 4.69) is 6.92 Å². The maximum absolute atomic E-state index is 11.5. The third-order valence-electron chi connectivity index (χ3n) is 3.91. The number of phenols is 1. The molecule has 0 saturated heterocycles. The van der Waals surface area contributed by atoms with Crippen molar-refractivity contribution in [1.82, 2.24) is 0 Å². The maximum Gasteiger partial charge on any atom is 0.301 e. The lowest BCUT2D eigenvalue weighted by Gasteiger charge is -2.11. The number of benzene rings is 2. The lowest BCUT2D eigenvalue weighted by molar-refractivity contribution is 0.415. The molecule has 0 aromatic heterocycles. The van der Waals surface area contributed by atoms with E-state index in [0.29, 0.717) is 5.75 Å². The minimum atomic E-state index is -4.59. The van der Waals surface area contributed by atoms with Gasteiger partial charge in [-0.3, -0.25) is 4.55 Å². The number of unbranched alkanes of at least 4 members (excludes halogenated alkanes) is 4. The second-order valence-corrected chi connectivity index (χ2v) is 7.35. The van der Waals surface area contributed by atoms with E-state index in [0.717, 1.165) is 18.4 Å². The fourth-order valence-electron chi connectivity index (χ4n) is 2.67. The first-order chi connectivity index (χ1) is 11.9. The second kappa shape index (κ2) is 8.87. The Morgan fingerprint density at radius 2 is 1.72 bits per heavy atom. The van der Waals surface area contributed by atoms with Gasteiger partial charge in [0.15, 0.2) is 10.6 Å². The first-order valence-electron chi connectivity index (χ1n) is 8.48. The summed E-state index contributed by atoms with van der Waals surface area (Å²) in [7, 11) is -4.59. The van der Waals surface area contributed by atoms with Crippen LogP contribution in [0.15, 0.2) is 47.4 Å². The maximum atomic E-state index is 11.5. The first-order valence-corrected chi connectivity index (χ1v) is 9.92. The molecular weight excluding hydrogens is 340 g/mol. The van der Waals surface area contributed by atoms with Gasteiger partial charge in [0.05, 0.1) is 0 Å². The molecule has 0 amide bonds. The Bertz CT molecular complexity index is 799. The number of hydrogen-bond donors (Lipinski definition) is 2. The Morgan fingerprint density at radius 3 is 2.44 bits per heavy atom. The van der Waals surface area contributed by atoms with E-state index < -0.39 is 20.8 Å². The summed E-state index contributed by atoms with van der Waals surface area (Å²) < 4.78 is 37.9. The van der Waals surface area contributed by atoms with Gasteiger partial charge < -0.3 is 9.84 Å². The lowest BCUT2D eigenvalue weighted by Crippen LogP contribution is -2.01. The molecule has 0 aliphatic heterocycles. The van der Waals surface area contributed by atoms with Gasteiger partial charge in [-0.2, -0.15) is 8.42 Å². The summed E-state index contributed by atoms with van der Waals surface area (Å²) in [5.41, 5.74) is 1.10. The predicted molar refractivity (Wildman–Crippen MR) is 96.9 cm³/mol. The van der Waals surface area contributed by atoms with E-state index in [1.807, 2.05) is 18.2 Å². The van der Waals surface area contributed by atoms with Crippen LogP contribution < -0.4 is 4.74 Å². The van der Waals surface area contributed by atoms with Crippen LogP contribution in [0.3, 0.4) is 0 Å². The monoisotopic (exact) mass is 364 g/mol. The third-order valence-corrected chi connectivity index (χ3v) is 4.84. The molecule has 0 saturated carbocycles. The molecule has 0 fully saturated rings. The zero-order valence-electron chi connectivity index (χ0n) is 14.3. The zero-order chi connectivity index (χ0) is 18.3. The molecule has 0 bridgehead atoms. The summed E-state index contributed by atoms with van der Waals surface area (Å²) in [5.74, 6) is -0.198. The molecule has 0 spiro atoms. The number of hydrogen-bond acceptors (Lipinski definition) is 4. The highest BCUT2D eigenvalue weighted by molar-refractivity contribution is 7.86. The topological polar surface area (TPSA) is 83.8 Å². The van der Waals surface area contributed by atoms with Crippen molar-refractivity contribution in [2.45, 2.75) is 50.3 Å². The van der Waals surface area contributed by atoms with E-state index in [-0.39, 0.29) is 5.75 Å². The van der Waals surface area contributed by atoms with Crippen molar-refractivity contribution >= 4 is 10.1 Å². The average Bonchev–Trinajstić information content (AvgIpc) is 2.54. The number of ether oxygens (including phenoxy) is 1. The van der Waals surface area contributed by atoms with Crippen LogP contribution >= 0.6 is 0 Å². The lowest BCUT2D eigenvalue weighted by atomic mass is 10.1. The molecule has 136 valence electrons. The van der Waals surface area contributed by atoms with Crippen LogP contribution in [-0.4, -0.2) is 18.1 Å². The fourth-order valence-corrected chi connectivity index (χ4v) is 3.36. The summed E-state index contributed by atoms with van der Waals surface area (Å²) in [5, 5.41) is 9.73. The van der Waals surface area contributed by atoms with Crippen molar-refractivity contribution in [3.63, 3.8) is 0 Å². The van der Waals surface area contributed by atoms with Gasteiger partial charge in [-0.1, -0.05) is 50.8 Å². The van der Waals surface area contributed by atoms with Crippen LogP contribution in [0.4, 0.5) is 0 Å². The van der Waals surface area contributed by atoms with E-state index in [1.54, 1.807) is 6.07 Å². The number of phenolic OH excluding ortho intramolecular Hbond substituents is 1. The Morgan fingerprint density at radius 1 is 1.00 bits per heavy atom. The van der Waals surface area contributed by atoms with Crippen molar-refractivity contribution < 1.29 is 22.8 Å². The van der Waals surface area contributed by atoms with Crippen molar-refractivity contribution in [3.8, 4) is 17.2 Å². The average molecular weight is 364 g/mol. The molecule has 25 heavy (non-hydrogen) atoms. The molecule has 5 nitrogen and oxygen atoms in total. The van der Waals surface area contributed by atoms with Gasteiger partial charge in [-0.05, 0) is 42.7 Å². The molecule has 2 aromatic rings. The predicted octanol–water partition coefficient (Wildman–Crippen LogP) is 4.94. The smallest absolute Gasteiger partial charge is 0.301 e. The highest BCUT2D eigenvalue weighted by Gasteiger charge is 2.22. The van der Waals surface area contributed by atoms with Gasteiger partial charge in [-0.25, -0.2) is 0 Å². The number of rotatable bonds is 9. The molecular formula is C19H24O5S. The fraction of sp³-hybridized carbons (Fsp3) is 0.368. The van der Waals surface area contributed by atoms with Gasteiger partial charge in [-0.15, -0.1) is 0 Å².